The highest BCUT2D eigenvalue weighted by Gasteiger charge is 2.30. The zero-order valence-electron chi connectivity index (χ0n) is 30.5. The van der Waals surface area contributed by atoms with E-state index in [0.717, 1.165) is 25.0 Å². The van der Waals surface area contributed by atoms with Gasteiger partial charge in [-0.2, -0.15) is 0 Å². The summed E-state index contributed by atoms with van der Waals surface area (Å²) in [5.74, 6) is 1.25. The molecule has 0 spiro atoms. The molecule has 0 radical (unpaired) electrons. The van der Waals surface area contributed by atoms with E-state index < -0.39 is 0 Å². The number of hydrogen-bond donors (Lipinski definition) is 2. The van der Waals surface area contributed by atoms with Gasteiger partial charge in [-0.05, 0) is 122 Å². The van der Waals surface area contributed by atoms with E-state index in [9.17, 15) is 0 Å². The highest BCUT2D eigenvalue weighted by Crippen LogP contribution is 2.41. The number of allylic oxidation sites excluding steroid dienone is 22. The summed E-state index contributed by atoms with van der Waals surface area (Å²) in [6, 6.07) is 0.453. The predicted octanol–water partition coefficient (Wildman–Crippen LogP) is 11.8. The molecule has 0 aromatic rings. The van der Waals surface area contributed by atoms with Crippen LogP contribution in [0, 0.1) is 17.8 Å². The Kier molecular flexibility index (Phi) is 14.8. The maximum Gasteiger partial charge on any atom is 0.0250 e. The van der Waals surface area contributed by atoms with Crippen LogP contribution in [0.25, 0.3) is 0 Å². The molecule has 2 nitrogen and oxygen atoms in total. The minimum absolute atomic E-state index is 0.328. The molecular weight excluding hydrogens is 593 g/mol. The molecule has 0 fully saturated rings. The van der Waals surface area contributed by atoms with Gasteiger partial charge in [0.2, 0.25) is 0 Å². The van der Waals surface area contributed by atoms with Crippen molar-refractivity contribution in [3.63, 3.8) is 0 Å². The van der Waals surface area contributed by atoms with Gasteiger partial charge < -0.3 is 11.1 Å². The number of hydrogen-bond acceptors (Lipinski definition) is 2. The van der Waals surface area contributed by atoms with Gasteiger partial charge in [-0.25, -0.2) is 0 Å². The molecule has 0 aliphatic heterocycles. The smallest absolute Gasteiger partial charge is 0.0250 e. The number of nitrogens with one attached hydrogen (secondary N) is 1. The van der Waals surface area contributed by atoms with Crippen LogP contribution in [0.3, 0.4) is 0 Å². The van der Waals surface area contributed by atoms with Crippen LogP contribution in [0.2, 0.25) is 0 Å². The fourth-order valence-corrected chi connectivity index (χ4v) is 8.11. The fourth-order valence-electron chi connectivity index (χ4n) is 8.11. The zero-order chi connectivity index (χ0) is 34.3. The molecule has 4 atom stereocenters. The first-order valence-electron chi connectivity index (χ1n) is 19.4. The molecule has 3 N–H and O–H groups in total. The predicted molar refractivity (Wildman–Crippen MR) is 214 cm³/mol. The van der Waals surface area contributed by atoms with E-state index in [0.29, 0.717) is 30.3 Å². The normalized spacial score (nSPS) is 26.1. The molecule has 0 aromatic carbocycles. The van der Waals surface area contributed by atoms with E-state index in [1.807, 2.05) is 12.2 Å². The van der Waals surface area contributed by atoms with Gasteiger partial charge in [-0.3, -0.25) is 0 Å². The summed E-state index contributed by atoms with van der Waals surface area (Å²) in [6.45, 7) is 10.5. The first-order valence-corrected chi connectivity index (χ1v) is 19.4. The van der Waals surface area contributed by atoms with E-state index in [2.05, 4.69) is 117 Å². The summed E-state index contributed by atoms with van der Waals surface area (Å²) in [5, 5.41) is 3.99. The standard InChI is InChI=1S/C47H62N2/c1-4-5-8-19-43(25-24-36(2)16-15-34-48)47(35-49-44-20-11-7-12-21-44)46-23-14-13-22-45(46)37(3)38-26-28-41(29-27-38)42-32-30-40(31-33-42)39-17-9-6-10-18-39/h6,9,11,13-17,19-20,22-25,28,30,32,38,44,46-47,49H,2,4-5,7-8,10,12,18,21,26-27,29,31,33-35,48H2,1,3H3/b16-15-,25-24+,43-19+,45-37+. The Balaban J connectivity index is 1.38. The van der Waals surface area contributed by atoms with E-state index in [1.165, 1.54) is 87.3 Å². The molecule has 5 aliphatic rings. The van der Waals surface area contributed by atoms with Gasteiger partial charge in [0, 0.05) is 31.0 Å². The molecule has 0 heterocycles. The highest BCUT2D eigenvalue weighted by molar-refractivity contribution is 5.47. The van der Waals surface area contributed by atoms with Crippen molar-refractivity contribution in [3.8, 4) is 0 Å². The molecule has 2 heteroatoms. The van der Waals surface area contributed by atoms with Crippen LogP contribution in [0.5, 0.6) is 0 Å². The Bertz CT molecular complexity index is 1520. The van der Waals surface area contributed by atoms with Crippen molar-refractivity contribution in [1.82, 2.24) is 5.32 Å². The van der Waals surface area contributed by atoms with Crippen LogP contribution < -0.4 is 11.1 Å². The lowest BCUT2D eigenvalue weighted by Gasteiger charge is -2.34. The fraction of sp³-hybridized carbons (Fsp3) is 0.447. The monoisotopic (exact) mass is 654 g/mol. The SMILES string of the molecule is C=C(/C=C\CN)/C=C/C(=C\CCCC)C(CNC1C=CCCC1)C1C=CC=C/C1=C(/C)C1CC=C(C2=CC=C(C3=CC=CCC3)CC2)CC1. The first kappa shape index (κ1) is 36.8. The lowest BCUT2D eigenvalue weighted by Crippen LogP contribution is -2.36. The summed E-state index contributed by atoms with van der Waals surface area (Å²) in [4.78, 5) is 0. The Morgan fingerprint density at radius 3 is 2.45 bits per heavy atom. The summed E-state index contributed by atoms with van der Waals surface area (Å²) < 4.78 is 0. The third kappa shape index (κ3) is 10.8. The second kappa shape index (κ2) is 19.7. The average Bonchev–Trinajstić information content (AvgIpc) is 3.16. The Labute approximate surface area is 298 Å². The molecule has 4 unspecified atom stereocenters. The lowest BCUT2D eigenvalue weighted by atomic mass is 9.73. The third-order valence-corrected chi connectivity index (χ3v) is 11.1. The number of rotatable bonds is 15. The van der Waals surface area contributed by atoms with Crippen molar-refractivity contribution < 1.29 is 0 Å². The summed E-state index contributed by atoms with van der Waals surface area (Å²) in [6.07, 6.45) is 55.0. The van der Waals surface area contributed by atoms with Gasteiger partial charge in [0.25, 0.3) is 0 Å². The Hall–Kier alpha value is -3.46. The highest BCUT2D eigenvalue weighted by atomic mass is 14.9. The van der Waals surface area contributed by atoms with Gasteiger partial charge in [-0.1, -0.05) is 135 Å². The minimum atomic E-state index is 0.328. The van der Waals surface area contributed by atoms with Crippen molar-refractivity contribution in [1.29, 1.82) is 0 Å². The van der Waals surface area contributed by atoms with E-state index in [4.69, 9.17) is 5.73 Å². The van der Waals surface area contributed by atoms with Gasteiger partial charge >= 0.3 is 0 Å². The van der Waals surface area contributed by atoms with Crippen molar-refractivity contribution in [2.45, 2.75) is 103 Å². The molecule has 0 saturated carbocycles. The van der Waals surface area contributed by atoms with Gasteiger partial charge in [-0.15, -0.1) is 0 Å². The first-order chi connectivity index (χ1) is 24.1. The van der Waals surface area contributed by atoms with Crippen LogP contribution in [-0.2, 0) is 0 Å². The molecule has 0 amide bonds. The van der Waals surface area contributed by atoms with Crippen LogP contribution in [0.1, 0.15) is 97.3 Å². The Morgan fingerprint density at radius 1 is 0.918 bits per heavy atom. The van der Waals surface area contributed by atoms with Crippen LogP contribution in [-0.4, -0.2) is 19.1 Å². The molecule has 260 valence electrons. The topological polar surface area (TPSA) is 38.0 Å². The molecule has 5 rings (SSSR count). The van der Waals surface area contributed by atoms with Crippen LogP contribution in [0.4, 0.5) is 0 Å². The van der Waals surface area contributed by atoms with E-state index >= 15 is 0 Å². The summed E-state index contributed by atoms with van der Waals surface area (Å²) >= 11 is 0. The van der Waals surface area contributed by atoms with E-state index in [-0.39, 0.29) is 0 Å². The van der Waals surface area contributed by atoms with Gasteiger partial charge in [0.1, 0.15) is 0 Å². The molecular formula is C47H62N2. The molecule has 0 saturated heterocycles. The average molecular weight is 655 g/mol. The lowest BCUT2D eigenvalue weighted by molar-refractivity contribution is 0.425. The minimum Gasteiger partial charge on any atom is -0.327 e. The van der Waals surface area contributed by atoms with Crippen molar-refractivity contribution in [2.75, 3.05) is 13.1 Å². The largest absolute Gasteiger partial charge is 0.327 e. The summed E-state index contributed by atoms with van der Waals surface area (Å²) in [5.41, 5.74) is 17.5. The third-order valence-electron chi connectivity index (χ3n) is 11.1. The molecule has 5 aliphatic carbocycles. The maximum absolute atomic E-state index is 5.74. The van der Waals surface area contributed by atoms with Crippen molar-refractivity contribution in [3.05, 3.63) is 154 Å². The summed E-state index contributed by atoms with van der Waals surface area (Å²) in [7, 11) is 0. The number of unbranched alkanes of at least 4 members (excludes halogenated alkanes) is 2. The maximum atomic E-state index is 5.74. The molecule has 0 aromatic heterocycles. The quantitative estimate of drug-likeness (QED) is 0.105. The van der Waals surface area contributed by atoms with Gasteiger partial charge in [0.05, 0.1) is 0 Å². The number of nitrogens with two attached hydrogens (primary N) is 1. The second-order valence-corrected chi connectivity index (χ2v) is 14.5. The second-order valence-electron chi connectivity index (χ2n) is 14.5. The van der Waals surface area contributed by atoms with E-state index in [1.54, 1.807) is 22.3 Å². The molecule has 0 bridgehead atoms. The molecule has 49 heavy (non-hydrogen) atoms. The van der Waals surface area contributed by atoms with Crippen molar-refractivity contribution in [2.24, 2.45) is 23.5 Å². The Morgan fingerprint density at radius 2 is 1.76 bits per heavy atom. The van der Waals surface area contributed by atoms with Gasteiger partial charge in [0.15, 0.2) is 0 Å². The zero-order valence-corrected chi connectivity index (χ0v) is 30.5. The van der Waals surface area contributed by atoms with Crippen molar-refractivity contribution >= 4 is 0 Å². The van der Waals surface area contributed by atoms with Crippen LogP contribution in [0.15, 0.2) is 154 Å². The van der Waals surface area contributed by atoms with Crippen LogP contribution >= 0.6 is 0 Å².